The second-order valence-corrected chi connectivity index (χ2v) is 6.51. The molecule has 0 aliphatic rings. The molecule has 1 heterocycles. The Morgan fingerprint density at radius 1 is 1.15 bits per heavy atom. The maximum atomic E-state index is 12.6. The maximum Gasteiger partial charge on any atom is 0.256 e. The van der Waals surface area contributed by atoms with Crippen molar-refractivity contribution in [1.29, 1.82) is 0 Å². The van der Waals surface area contributed by atoms with E-state index < -0.39 is 0 Å². The summed E-state index contributed by atoms with van der Waals surface area (Å²) in [6.45, 7) is 6.55. The first kappa shape index (κ1) is 17.7. The van der Waals surface area contributed by atoms with Crippen molar-refractivity contribution in [3.05, 3.63) is 77.5 Å². The summed E-state index contributed by atoms with van der Waals surface area (Å²) < 4.78 is 7.61. The van der Waals surface area contributed by atoms with E-state index in [2.05, 4.69) is 29.5 Å². The number of carbonyl (C=O) groups excluding carboxylic acids is 1. The van der Waals surface area contributed by atoms with E-state index in [1.54, 1.807) is 29.1 Å². The summed E-state index contributed by atoms with van der Waals surface area (Å²) in [4.78, 5) is 12.6. The second-order valence-electron chi connectivity index (χ2n) is 6.51. The predicted molar refractivity (Wildman–Crippen MR) is 103 cm³/mol. The molecule has 0 unspecified atom stereocenters. The van der Waals surface area contributed by atoms with Crippen LogP contribution in [0, 0.1) is 6.92 Å². The Kier molecular flexibility index (Phi) is 5.37. The van der Waals surface area contributed by atoms with Crippen LogP contribution in [0.25, 0.3) is 0 Å². The minimum Gasteiger partial charge on any atom is -0.489 e. The number of aryl methyl sites for hydroxylation is 1. The molecule has 1 aromatic heterocycles. The van der Waals surface area contributed by atoms with Crippen molar-refractivity contribution in [3.8, 4) is 5.75 Å². The number of ether oxygens (including phenoxy) is 1. The normalized spacial score (nSPS) is 10.8. The first-order valence-electron chi connectivity index (χ1n) is 8.66. The third kappa shape index (κ3) is 4.30. The van der Waals surface area contributed by atoms with E-state index in [9.17, 15) is 4.79 Å². The van der Waals surface area contributed by atoms with Crippen LogP contribution in [0.15, 0.2) is 60.8 Å². The molecule has 5 heteroatoms. The Labute approximate surface area is 153 Å². The molecule has 1 N–H and O–H groups in total. The zero-order chi connectivity index (χ0) is 18.5. The van der Waals surface area contributed by atoms with E-state index in [4.69, 9.17) is 4.74 Å². The Hall–Kier alpha value is -3.08. The molecule has 3 aromatic rings. The van der Waals surface area contributed by atoms with Crippen LogP contribution < -0.4 is 10.1 Å². The number of amides is 1. The van der Waals surface area contributed by atoms with Crippen molar-refractivity contribution in [1.82, 2.24) is 9.78 Å². The second kappa shape index (κ2) is 7.87. The van der Waals surface area contributed by atoms with Gasteiger partial charge in [-0.15, -0.1) is 0 Å². The maximum absolute atomic E-state index is 12.6. The van der Waals surface area contributed by atoms with E-state index in [1.807, 2.05) is 38.1 Å². The van der Waals surface area contributed by atoms with Crippen molar-refractivity contribution in [2.75, 3.05) is 5.32 Å². The highest BCUT2D eigenvalue weighted by atomic mass is 16.5. The van der Waals surface area contributed by atoms with Crippen LogP contribution in [0.4, 0.5) is 5.82 Å². The minimum absolute atomic E-state index is 0.171. The van der Waals surface area contributed by atoms with Crippen LogP contribution in [0.3, 0.4) is 0 Å². The molecule has 134 valence electrons. The van der Waals surface area contributed by atoms with E-state index in [-0.39, 0.29) is 11.9 Å². The summed E-state index contributed by atoms with van der Waals surface area (Å²) in [5.41, 5.74) is 2.84. The number of anilines is 1. The standard InChI is InChI=1S/C21H23N3O2/c1-15(2)24-20(10-11-22-24)23-21(25)18-8-5-9-19(13-18)26-14-17-7-4-6-16(3)12-17/h4-13,15H,14H2,1-3H3,(H,23,25). The number of hydrogen-bond donors (Lipinski definition) is 1. The highest BCUT2D eigenvalue weighted by Crippen LogP contribution is 2.18. The average molecular weight is 349 g/mol. The van der Waals surface area contributed by atoms with E-state index in [1.165, 1.54) is 5.56 Å². The van der Waals surface area contributed by atoms with Gasteiger partial charge in [-0.05, 0) is 44.5 Å². The molecule has 0 aliphatic carbocycles. The molecule has 5 nitrogen and oxygen atoms in total. The van der Waals surface area contributed by atoms with Crippen LogP contribution in [-0.4, -0.2) is 15.7 Å². The van der Waals surface area contributed by atoms with Crippen molar-refractivity contribution < 1.29 is 9.53 Å². The lowest BCUT2D eigenvalue weighted by Gasteiger charge is -2.12. The molecule has 0 atom stereocenters. The minimum atomic E-state index is -0.187. The lowest BCUT2D eigenvalue weighted by Crippen LogP contribution is -2.16. The predicted octanol–water partition coefficient (Wildman–Crippen LogP) is 4.60. The third-order valence-electron chi connectivity index (χ3n) is 3.99. The highest BCUT2D eigenvalue weighted by molar-refractivity contribution is 6.04. The van der Waals surface area contributed by atoms with Crippen LogP contribution in [0.1, 0.15) is 41.4 Å². The topological polar surface area (TPSA) is 56.1 Å². The fraction of sp³-hybridized carbons (Fsp3) is 0.238. The van der Waals surface area contributed by atoms with Gasteiger partial charge in [-0.2, -0.15) is 5.10 Å². The Balaban J connectivity index is 1.68. The third-order valence-corrected chi connectivity index (χ3v) is 3.99. The van der Waals surface area contributed by atoms with Gasteiger partial charge in [0.05, 0.1) is 6.20 Å². The van der Waals surface area contributed by atoms with Gasteiger partial charge < -0.3 is 10.1 Å². The van der Waals surface area contributed by atoms with Gasteiger partial charge in [-0.3, -0.25) is 4.79 Å². The first-order valence-corrected chi connectivity index (χ1v) is 8.66. The fourth-order valence-electron chi connectivity index (χ4n) is 2.71. The lowest BCUT2D eigenvalue weighted by atomic mass is 10.1. The number of carbonyl (C=O) groups is 1. The molecule has 2 aromatic carbocycles. The van der Waals surface area contributed by atoms with Crippen LogP contribution in [0.2, 0.25) is 0 Å². The summed E-state index contributed by atoms with van der Waals surface area (Å²) in [5.74, 6) is 1.15. The molecule has 0 bridgehead atoms. The van der Waals surface area contributed by atoms with Crippen LogP contribution >= 0.6 is 0 Å². The molecule has 0 fully saturated rings. The monoisotopic (exact) mass is 349 g/mol. The largest absolute Gasteiger partial charge is 0.489 e. The number of benzene rings is 2. The summed E-state index contributed by atoms with van der Waals surface area (Å²) in [7, 11) is 0. The number of hydrogen-bond acceptors (Lipinski definition) is 3. The van der Waals surface area contributed by atoms with E-state index in [0.29, 0.717) is 23.7 Å². The van der Waals surface area contributed by atoms with Crippen molar-refractivity contribution in [3.63, 3.8) is 0 Å². The van der Waals surface area contributed by atoms with Gasteiger partial charge in [0.2, 0.25) is 0 Å². The molecule has 1 amide bonds. The highest BCUT2D eigenvalue weighted by Gasteiger charge is 2.12. The molecular weight excluding hydrogens is 326 g/mol. The van der Waals surface area contributed by atoms with E-state index in [0.717, 1.165) is 5.56 Å². The zero-order valence-corrected chi connectivity index (χ0v) is 15.3. The molecule has 3 rings (SSSR count). The molecule has 0 aliphatic heterocycles. The number of aromatic nitrogens is 2. The van der Waals surface area contributed by atoms with Gasteiger partial charge in [-0.25, -0.2) is 4.68 Å². The summed E-state index contributed by atoms with van der Waals surface area (Å²) in [6.07, 6.45) is 1.68. The summed E-state index contributed by atoms with van der Waals surface area (Å²) in [6, 6.07) is 17.3. The van der Waals surface area contributed by atoms with E-state index >= 15 is 0 Å². The first-order chi connectivity index (χ1) is 12.5. The summed E-state index contributed by atoms with van der Waals surface area (Å²) in [5, 5.41) is 7.13. The van der Waals surface area contributed by atoms with Gasteiger partial charge in [0, 0.05) is 17.7 Å². The number of nitrogens with zero attached hydrogens (tertiary/aromatic N) is 2. The van der Waals surface area contributed by atoms with Crippen molar-refractivity contribution in [2.24, 2.45) is 0 Å². The molecular formula is C21H23N3O2. The van der Waals surface area contributed by atoms with Crippen molar-refractivity contribution in [2.45, 2.75) is 33.4 Å². The molecule has 26 heavy (non-hydrogen) atoms. The molecule has 0 radical (unpaired) electrons. The number of nitrogens with one attached hydrogen (secondary N) is 1. The fourth-order valence-corrected chi connectivity index (χ4v) is 2.71. The van der Waals surface area contributed by atoms with Crippen LogP contribution in [-0.2, 0) is 6.61 Å². The summed E-state index contributed by atoms with van der Waals surface area (Å²) >= 11 is 0. The Morgan fingerprint density at radius 3 is 2.73 bits per heavy atom. The molecule has 0 saturated carbocycles. The van der Waals surface area contributed by atoms with Gasteiger partial charge in [0.1, 0.15) is 18.2 Å². The molecule has 0 saturated heterocycles. The molecule has 0 spiro atoms. The van der Waals surface area contributed by atoms with Gasteiger partial charge in [-0.1, -0.05) is 35.9 Å². The quantitative estimate of drug-likeness (QED) is 0.707. The zero-order valence-electron chi connectivity index (χ0n) is 15.3. The van der Waals surface area contributed by atoms with Crippen LogP contribution in [0.5, 0.6) is 5.75 Å². The SMILES string of the molecule is Cc1cccc(COc2cccc(C(=O)Nc3ccnn3C(C)C)c2)c1. The Morgan fingerprint density at radius 2 is 1.96 bits per heavy atom. The van der Waals surface area contributed by atoms with Crippen molar-refractivity contribution >= 4 is 11.7 Å². The van der Waals surface area contributed by atoms with Gasteiger partial charge >= 0.3 is 0 Å². The van der Waals surface area contributed by atoms with Gasteiger partial charge in [0.15, 0.2) is 0 Å². The average Bonchev–Trinajstić information content (AvgIpc) is 3.09. The Bertz CT molecular complexity index is 900. The smallest absolute Gasteiger partial charge is 0.256 e. The lowest BCUT2D eigenvalue weighted by molar-refractivity contribution is 0.102. The number of rotatable bonds is 6. The van der Waals surface area contributed by atoms with Gasteiger partial charge in [0.25, 0.3) is 5.91 Å².